The molecule has 1 aliphatic heterocycles. The molecule has 2 aromatic carbocycles. The van der Waals surface area contributed by atoms with Crippen LogP contribution >= 0.6 is 0 Å². The molecule has 0 amide bonds. The van der Waals surface area contributed by atoms with Gasteiger partial charge in [-0.1, -0.05) is 30.3 Å². The van der Waals surface area contributed by atoms with Crippen LogP contribution in [0.15, 0.2) is 53.4 Å². The molecule has 1 saturated heterocycles. The fourth-order valence-electron chi connectivity index (χ4n) is 3.10. The molecular formula is C18H19FN2O4S. The smallest absolute Gasteiger partial charge is 0.338 e. The summed E-state index contributed by atoms with van der Waals surface area (Å²) >= 11 is 0. The van der Waals surface area contributed by atoms with Crippen LogP contribution in [0.5, 0.6) is 0 Å². The summed E-state index contributed by atoms with van der Waals surface area (Å²) in [5.74, 6) is -2.47. The Bertz CT molecular complexity index is 918. The standard InChI is InChI=1S/C18H19FN2O4S/c1-20-9-10-21(17(12-20)13-5-3-2-4-6-13)26(24,25)14-7-8-16(19)15(11-14)18(22)23/h2-8,11,17H,9-10,12H2,1H3,(H,22,23). The second-order valence-electron chi connectivity index (χ2n) is 6.25. The molecule has 2 aromatic rings. The summed E-state index contributed by atoms with van der Waals surface area (Å²) in [4.78, 5) is 13.0. The number of piperazine rings is 1. The number of halogens is 1. The number of rotatable bonds is 4. The average Bonchev–Trinajstić information content (AvgIpc) is 2.62. The van der Waals surface area contributed by atoms with Gasteiger partial charge in [0.25, 0.3) is 0 Å². The Morgan fingerprint density at radius 2 is 1.85 bits per heavy atom. The average molecular weight is 378 g/mol. The van der Waals surface area contributed by atoms with Crippen molar-refractivity contribution in [2.45, 2.75) is 10.9 Å². The molecule has 0 spiro atoms. The maximum absolute atomic E-state index is 13.6. The molecule has 6 nitrogen and oxygen atoms in total. The van der Waals surface area contributed by atoms with E-state index in [0.29, 0.717) is 13.1 Å². The van der Waals surface area contributed by atoms with Crippen molar-refractivity contribution in [3.05, 3.63) is 65.5 Å². The van der Waals surface area contributed by atoms with Gasteiger partial charge in [0.2, 0.25) is 10.0 Å². The van der Waals surface area contributed by atoms with Crippen molar-refractivity contribution in [1.82, 2.24) is 9.21 Å². The molecule has 8 heteroatoms. The number of hydrogen-bond acceptors (Lipinski definition) is 4. The van der Waals surface area contributed by atoms with Crippen LogP contribution < -0.4 is 0 Å². The predicted molar refractivity (Wildman–Crippen MR) is 93.9 cm³/mol. The van der Waals surface area contributed by atoms with Crippen LogP contribution in [0.25, 0.3) is 0 Å². The lowest BCUT2D eigenvalue weighted by molar-refractivity contribution is 0.0691. The van der Waals surface area contributed by atoms with Crippen molar-refractivity contribution >= 4 is 16.0 Å². The minimum atomic E-state index is -3.98. The van der Waals surface area contributed by atoms with E-state index in [4.69, 9.17) is 5.11 Å². The number of sulfonamides is 1. The van der Waals surface area contributed by atoms with Gasteiger partial charge in [0, 0.05) is 19.6 Å². The Morgan fingerprint density at radius 3 is 2.50 bits per heavy atom. The summed E-state index contributed by atoms with van der Waals surface area (Å²) in [6, 6.07) is 11.7. The second-order valence-corrected chi connectivity index (χ2v) is 8.14. The molecule has 1 heterocycles. The summed E-state index contributed by atoms with van der Waals surface area (Å²) in [7, 11) is -2.06. The topological polar surface area (TPSA) is 77.9 Å². The molecule has 138 valence electrons. The van der Waals surface area contributed by atoms with E-state index < -0.39 is 33.4 Å². The first-order valence-corrected chi connectivity index (χ1v) is 9.53. The zero-order valence-electron chi connectivity index (χ0n) is 14.2. The van der Waals surface area contributed by atoms with Crippen LogP contribution in [-0.2, 0) is 10.0 Å². The number of carboxylic acid groups (broad SMARTS) is 1. The lowest BCUT2D eigenvalue weighted by Crippen LogP contribution is -2.49. The third-order valence-electron chi connectivity index (χ3n) is 4.49. The van der Waals surface area contributed by atoms with Crippen LogP contribution in [0.3, 0.4) is 0 Å². The molecule has 1 fully saturated rings. The highest BCUT2D eigenvalue weighted by atomic mass is 32.2. The zero-order chi connectivity index (χ0) is 18.9. The van der Waals surface area contributed by atoms with E-state index in [1.165, 1.54) is 4.31 Å². The Kier molecular flexibility index (Phi) is 5.08. The lowest BCUT2D eigenvalue weighted by Gasteiger charge is -2.39. The van der Waals surface area contributed by atoms with E-state index in [1.807, 2.05) is 42.3 Å². The van der Waals surface area contributed by atoms with Gasteiger partial charge in [-0.15, -0.1) is 0 Å². The maximum atomic E-state index is 13.6. The molecule has 0 bridgehead atoms. The highest BCUT2D eigenvalue weighted by Crippen LogP contribution is 2.31. The van der Waals surface area contributed by atoms with Crippen molar-refractivity contribution in [1.29, 1.82) is 0 Å². The largest absolute Gasteiger partial charge is 0.478 e. The summed E-state index contributed by atoms with van der Waals surface area (Å²) < 4.78 is 41.3. The van der Waals surface area contributed by atoms with Crippen LogP contribution in [0.2, 0.25) is 0 Å². The highest BCUT2D eigenvalue weighted by Gasteiger charge is 2.36. The Labute approximate surface area is 151 Å². The monoisotopic (exact) mass is 378 g/mol. The van der Waals surface area contributed by atoms with E-state index in [9.17, 15) is 17.6 Å². The summed E-state index contributed by atoms with van der Waals surface area (Å²) in [5, 5.41) is 9.08. The van der Waals surface area contributed by atoms with Crippen molar-refractivity contribution in [3.63, 3.8) is 0 Å². The molecule has 0 aliphatic carbocycles. The van der Waals surface area contributed by atoms with Crippen LogP contribution in [0.1, 0.15) is 22.0 Å². The van der Waals surface area contributed by atoms with Crippen molar-refractivity contribution in [2.24, 2.45) is 0 Å². The number of carbonyl (C=O) groups is 1. The van der Waals surface area contributed by atoms with Gasteiger partial charge in [-0.3, -0.25) is 0 Å². The molecule has 26 heavy (non-hydrogen) atoms. The van der Waals surface area contributed by atoms with Crippen molar-refractivity contribution in [2.75, 3.05) is 26.7 Å². The number of carboxylic acids is 1. The fraction of sp³-hybridized carbons (Fsp3) is 0.278. The third kappa shape index (κ3) is 3.48. The van der Waals surface area contributed by atoms with Gasteiger partial charge in [0.15, 0.2) is 0 Å². The zero-order valence-corrected chi connectivity index (χ0v) is 15.0. The summed E-state index contributed by atoms with van der Waals surface area (Å²) in [5.41, 5.74) is 0.194. The molecule has 1 aliphatic rings. The van der Waals surface area contributed by atoms with Crippen LogP contribution in [0, 0.1) is 5.82 Å². The molecule has 0 saturated carbocycles. The van der Waals surface area contributed by atoms with Crippen molar-refractivity contribution < 1.29 is 22.7 Å². The van der Waals surface area contributed by atoms with Crippen LogP contribution in [-0.4, -0.2) is 55.4 Å². The summed E-state index contributed by atoms with van der Waals surface area (Å²) in [6.45, 7) is 1.32. The molecular weight excluding hydrogens is 359 g/mol. The van der Waals surface area contributed by atoms with Gasteiger partial charge in [0.1, 0.15) is 5.82 Å². The first-order chi connectivity index (χ1) is 12.3. The van der Waals surface area contributed by atoms with Crippen molar-refractivity contribution in [3.8, 4) is 0 Å². The van der Waals surface area contributed by atoms with E-state index in [0.717, 1.165) is 23.8 Å². The number of benzene rings is 2. The minimum Gasteiger partial charge on any atom is -0.478 e. The quantitative estimate of drug-likeness (QED) is 0.883. The molecule has 1 unspecified atom stereocenters. The fourth-order valence-corrected chi connectivity index (χ4v) is 4.72. The molecule has 0 radical (unpaired) electrons. The Balaban J connectivity index is 2.04. The third-order valence-corrected chi connectivity index (χ3v) is 6.40. The first-order valence-electron chi connectivity index (χ1n) is 8.09. The predicted octanol–water partition coefficient (Wildman–Crippen LogP) is 2.20. The molecule has 3 rings (SSSR count). The van der Waals surface area contributed by atoms with Gasteiger partial charge in [-0.05, 0) is 30.8 Å². The maximum Gasteiger partial charge on any atom is 0.338 e. The van der Waals surface area contributed by atoms with Gasteiger partial charge < -0.3 is 10.0 Å². The normalized spacial score (nSPS) is 19.4. The Hall–Kier alpha value is -2.29. The van der Waals surface area contributed by atoms with Gasteiger partial charge in [0.05, 0.1) is 16.5 Å². The first kappa shape index (κ1) is 18.5. The van der Waals surface area contributed by atoms with Crippen LogP contribution in [0.4, 0.5) is 4.39 Å². The number of hydrogen-bond donors (Lipinski definition) is 1. The van der Waals surface area contributed by atoms with Gasteiger partial charge in [-0.25, -0.2) is 17.6 Å². The molecule has 1 atom stereocenters. The highest BCUT2D eigenvalue weighted by molar-refractivity contribution is 7.89. The molecule has 1 N–H and O–H groups in total. The number of nitrogens with zero attached hydrogens (tertiary/aromatic N) is 2. The van der Waals surface area contributed by atoms with Gasteiger partial charge in [-0.2, -0.15) is 4.31 Å². The number of aromatic carboxylic acids is 1. The Morgan fingerprint density at radius 1 is 1.15 bits per heavy atom. The van der Waals surface area contributed by atoms with Gasteiger partial charge >= 0.3 is 5.97 Å². The second kappa shape index (κ2) is 7.14. The molecule has 0 aromatic heterocycles. The van der Waals surface area contributed by atoms with E-state index in [-0.39, 0.29) is 11.4 Å². The minimum absolute atomic E-state index is 0.221. The number of likely N-dealkylation sites (N-methyl/N-ethyl adjacent to an activating group) is 1. The van der Waals surface area contributed by atoms with E-state index >= 15 is 0 Å². The summed E-state index contributed by atoms with van der Waals surface area (Å²) in [6.07, 6.45) is 0. The lowest BCUT2D eigenvalue weighted by atomic mass is 10.1. The van der Waals surface area contributed by atoms with E-state index in [2.05, 4.69) is 0 Å². The van der Waals surface area contributed by atoms with E-state index in [1.54, 1.807) is 0 Å². The SMILES string of the molecule is CN1CCN(S(=O)(=O)c2ccc(F)c(C(=O)O)c2)C(c2ccccc2)C1.